The summed E-state index contributed by atoms with van der Waals surface area (Å²) in [6.45, 7) is 22.2. The van der Waals surface area contributed by atoms with Crippen molar-refractivity contribution in [3.05, 3.63) is 279 Å². The summed E-state index contributed by atoms with van der Waals surface area (Å²) in [5, 5.41) is 24.2. The normalized spacial score (nSPS) is 16.7. The number of piperazine rings is 2. The zero-order chi connectivity index (χ0) is 103. The molecule has 4 amide bonds. The minimum atomic E-state index is -0.233. The summed E-state index contributed by atoms with van der Waals surface area (Å²) >= 11 is 39.4. The van der Waals surface area contributed by atoms with Crippen LogP contribution in [0.25, 0.3) is 45.0 Å². The molecule has 5 fully saturated rings. The first-order valence-corrected chi connectivity index (χ1v) is 50.0. The zero-order valence-corrected chi connectivity index (χ0v) is 87.5. The summed E-state index contributed by atoms with van der Waals surface area (Å²) in [5.74, 6) is 5.13. The number of hydrogen-bond donors (Lipinski definition) is 7. The minimum absolute atomic E-state index is 0.0471. The van der Waals surface area contributed by atoms with E-state index in [1.165, 1.54) is 42.7 Å². The van der Waals surface area contributed by atoms with Gasteiger partial charge in [0, 0.05) is 209 Å². The summed E-state index contributed by atoms with van der Waals surface area (Å²) in [7, 11) is 12.4. The first-order chi connectivity index (χ1) is 71.0. The van der Waals surface area contributed by atoms with Gasteiger partial charge in [-0.3, -0.25) is 44.1 Å². The molecule has 4 aromatic heterocycles. The Balaban J connectivity index is 0.000000128. The van der Waals surface area contributed by atoms with Crippen LogP contribution >= 0.6 is 69.6 Å². The smallest absolute Gasteiger partial charge is 0.256 e. The topological polar surface area (TPSA) is 350 Å². The first-order valence-electron chi connectivity index (χ1n) is 47.7. The third kappa shape index (κ3) is 22.4. The molecule has 12 aromatic rings. The highest BCUT2D eigenvalue weighted by atomic mass is 35.5. The molecular weight excluding hydrogens is 2000 g/mol. The number of nitrogens with zero attached hydrogens (tertiary/aromatic N) is 12. The molecule has 21 rings (SSSR count). The Labute approximate surface area is 881 Å². The fourth-order valence-electron chi connectivity index (χ4n) is 19.0. The first kappa shape index (κ1) is 103. The Hall–Kier alpha value is -13.9. The van der Waals surface area contributed by atoms with Gasteiger partial charge in [0.25, 0.3) is 23.6 Å². The molecule has 0 aliphatic carbocycles. The Morgan fingerprint density at radius 2 is 0.667 bits per heavy atom. The molecule has 0 bridgehead atoms. The second-order valence-electron chi connectivity index (χ2n) is 37.0. The lowest BCUT2D eigenvalue weighted by Crippen LogP contribution is -2.71. The van der Waals surface area contributed by atoms with Crippen molar-refractivity contribution in [2.75, 3.05) is 162 Å². The maximum Gasteiger partial charge on any atom is 0.256 e. The van der Waals surface area contributed by atoms with Gasteiger partial charge < -0.3 is 99.4 Å². The third-order valence-corrected chi connectivity index (χ3v) is 29.0. The van der Waals surface area contributed by atoms with E-state index in [-0.39, 0.29) is 29.2 Å². The van der Waals surface area contributed by atoms with E-state index < -0.39 is 0 Å². The molecule has 13 heterocycles. The molecule has 0 saturated carbocycles. The van der Waals surface area contributed by atoms with Crippen LogP contribution in [0.5, 0.6) is 46.0 Å². The number of amidine groups is 4. The number of fused-ring (bicyclic) bond motifs is 4. The van der Waals surface area contributed by atoms with E-state index >= 15 is 0 Å². The van der Waals surface area contributed by atoms with Crippen LogP contribution in [-0.2, 0) is 30.9 Å². The fraction of sp³-hybridized carbons (Fsp3) is 0.303. The van der Waals surface area contributed by atoms with Crippen molar-refractivity contribution in [1.82, 2.24) is 57.2 Å². The van der Waals surface area contributed by atoms with Crippen molar-refractivity contribution in [3.8, 4) is 91.0 Å². The van der Waals surface area contributed by atoms with E-state index in [1.54, 1.807) is 50.6 Å². The van der Waals surface area contributed by atoms with Crippen LogP contribution in [0, 0.1) is 5.41 Å². The second kappa shape index (κ2) is 44.8. The summed E-state index contributed by atoms with van der Waals surface area (Å²) in [6, 6.07) is 56.9. The number of aromatic nitrogens is 4. The van der Waals surface area contributed by atoms with E-state index in [0.717, 1.165) is 134 Å². The van der Waals surface area contributed by atoms with Gasteiger partial charge in [0.1, 0.15) is 69.3 Å². The summed E-state index contributed by atoms with van der Waals surface area (Å²) < 4.78 is 48.4. The molecule has 1 spiro atoms. The molecule has 9 aliphatic rings. The lowest BCUT2D eigenvalue weighted by atomic mass is 9.74. The Morgan fingerprint density at radius 3 is 0.973 bits per heavy atom. The molecule has 0 radical (unpaired) electrons. The fourth-order valence-corrected chi connectivity index (χ4v) is 21.1. The van der Waals surface area contributed by atoms with Gasteiger partial charge in [0.05, 0.1) is 172 Å². The van der Waals surface area contributed by atoms with Gasteiger partial charge in [-0.1, -0.05) is 69.6 Å². The maximum atomic E-state index is 13.0. The van der Waals surface area contributed by atoms with Gasteiger partial charge in [-0.25, -0.2) is 15.0 Å². The highest BCUT2D eigenvalue weighted by Gasteiger charge is 2.48. The SMILES string of the molecule is COc1cc(OC)c(Cl)c(-c2ccc3c(n2)CN=C3NC(=O)c2ccc(N3CC4(CNC4)C3)cc2)c1Cl.COc1cc(OC)c(Cl)c(-c2ccc3c(n2)CN=C3NC(=O)c2ccc(N3CCNC(C)(C)C3)cc2)c1Cl.COc1cc(OC)c(Cl)c(-c2ccc3c(n2)CN=C3NC(=O)c2ccc(N3CCOCC3)cc2)c1Cl.COc1cc(OC)cc(-c2ccc3c(n2)CN=C3NC(=O)c2ccc(N3C[C@@H](C)N[C@@H](C)C3)cc2)c1. The highest BCUT2D eigenvalue weighted by molar-refractivity contribution is 6.43. The molecule has 147 heavy (non-hydrogen) atoms. The summed E-state index contributed by atoms with van der Waals surface area (Å²) in [6.07, 6.45) is 0. The molecule has 7 N–H and O–H groups in total. The average molecular weight is 2110 g/mol. The van der Waals surface area contributed by atoms with Crippen LogP contribution in [-0.4, -0.2) is 227 Å². The van der Waals surface area contributed by atoms with Gasteiger partial charge in [0.15, 0.2) is 0 Å². The standard InChI is InChI=1S/C28H29Cl2N5O3.C28H31N5O3.C27H25Cl2N5O3.C26H24Cl2N4O4/c1-28(2)15-35(12-11-32-28)17-7-5-16(6-8-17)27(36)34-26-18-9-10-19(33-20(18)14-31-26)23-24(29)21(37-3)13-22(38-4)25(23)30;1-17-15-33(16-18(2)30-17)21-7-5-19(6-8-21)28(34)32-27-24-9-10-25(31-26(24)14-29-27)20-11-22(35-3)13-23(12-20)36-4;1-36-20-9-21(37-2)24(29)22(23(20)28)18-8-7-17-19(32-18)10-31-25(17)33-26(35)15-3-5-16(6-4-15)34-13-27(14-34)11-30-12-27;1-34-20-13-21(35-2)24(28)22(23(20)27)18-8-7-17-19(30-18)14-29-25(17)31-26(33)15-3-5-16(6-4-15)32-9-11-36-12-10-32/h5-10,13,32H,11-12,14-15H2,1-4H3,(H,31,34,36);5-13,17-18,30H,14-16H2,1-4H3,(H,29,32,34);3-9,30H,10-14H2,1-2H3,(H,31,33,35);3-8,13H,9-12,14H2,1-2H3,(H,29,31,33)/t;17-,18+;;. The predicted molar refractivity (Wildman–Crippen MR) is 577 cm³/mol. The molecule has 0 unspecified atom stereocenters. The molecule has 38 heteroatoms. The number of methoxy groups -OCH3 is 8. The van der Waals surface area contributed by atoms with E-state index in [9.17, 15) is 19.2 Å². The van der Waals surface area contributed by atoms with Gasteiger partial charge in [-0.2, -0.15) is 0 Å². The molecular formula is C109H109Cl6N19O13. The van der Waals surface area contributed by atoms with Crippen LogP contribution in [0.4, 0.5) is 22.7 Å². The monoisotopic (exact) mass is 2100 g/mol. The van der Waals surface area contributed by atoms with Gasteiger partial charge in [-0.05, 0) is 185 Å². The van der Waals surface area contributed by atoms with Gasteiger partial charge in [-0.15, -0.1) is 0 Å². The second-order valence-corrected chi connectivity index (χ2v) is 39.3. The average Bonchev–Trinajstić information content (AvgIpc) is 1.56. The number of carbonyl (C=O) groups is 4. The molecule has 760 valence electrons. The van der Waals surface area contributed by atoms with Crippen LogP contribution in [0.1, 0.15) is 114 Å². The van der Waals surface area contributed by atoms with Crippen LogP contribution in [0.2, 0.25) is 30.1 Å². The lowest BCUT2D eigenvalue weighted by molar-refractivity contribution is 0.0968. The van der Waals surface area contributed by atoms with E-state index in [0.29, 0.717) is 229 Å². The number of halogens is 6. The molecule has 9 aliphatic heterocycles. The third-order valence-electron chi connectivity index (χ3n) is 26.7. The predicted octanol–water partition coefficient (Wildman–Crippen LogP) is 17.4. The highest BCUT2D eigenvalue weighted by Crippen LogP contribution is 2.50. The quantitative estimate of drug-likeness (QED) is 0.0373. The van der Waals surface area contributed by atoms with Crippen LogP contribution < -0.4 is 94.7 Å². The number of nitrogens with one attached hydrogen (secondary N) is 7. The van der Waals surface area contributed by atoms with Crippen LogP contribution in [0.15, 0.2) is 202 Å². The number of ether oxygens (including phenoxy) is 9. The van der Waals surface area contributed by atoms with Crippen molar-refractivity contribution < 1.29 is 61.8 Å². The minimum Gasteiger partial charge on any atom is -0.497 e. The Bertz CT molecular complexity index is 7070. The van der Waals surface area contributed by atoms with Crippen molar-refractivity contribution in [1.29, 1.82) is 0 Å². The van der Waals surface area contributed by atoms with Crippen molar-refractivity contribution >= 4 is 139 Å². The lowest BCUT2D eigenvalue weighted by Gasteiger charge is -2.57. The van der Waals surface area contributed by atoms with E-state index in [4.69, 9.17) is 132 Å². The van der Waals surface area contributed by atoms with Crippen molar-refractivity contribution in [2.24, 2.45) is 25.4 Å². The number of pyridine rings is 4. The zero-order valence-electron chi connectivity index (χ0n) is 82.9. The van der Waals surface area contributed by atoms with E-state index in [2.05, 4.69) is 104 Å². The number of benzene rings is 8. The maximum absolute atomic E-state index is 13.0. The number of carbonyl (C=O) groups excluding carboxylic acids is 4. The number of rotatable bonds is 20. The van der Waals surface area contributed by atoms with Gasteiger partial charge in [0.2, 0.25) is 0 Å². The van der Waals surface area contributed by atoms with Crippen LogP contribution in [0.3, 0.4) is 0 Å². The van der Waals surface area contributed by atoms with Crippen molar-refractivity contribution in [3.63, 3.8) is 0 Å². The molecule has 32 nitrogen and oxygen atoms in total. The van der Waals surface area contributed by atoms with Crippen molar-refractivity contribution in [2.45, 2.75) is 71.5 Å². The largest absolute Gasteiger partial charge is 0.497 e. The van der Waals surface area contributed by atoms with E-state index in [1.807, 2.05) is 146 Å². The molecule has 5 saturated heterocycles. The Morgan fingerprint density at radius 1 is 0.361 bits per heavy atom. The number of hydrogen-bond acceptors (Lipinski definition) is 28. The summed E-state index contributed by atoms with van der Waals surface area (Å²) in [5.41, 5.74) is 18.2. The number of anilines is 4. The Kier molecular flexibility index (Phi) is 31.4. The number of aliphatic imine (C=N–C) groups is 4. The molecule has 8 aromatic carbocycles. The molecule has 2 atom stereocenters. The summed E-state index contributed by atoms with van der Waals surface area (Å²) in [4.78, 5) is 98.2. The number of morpholine rings is 1. The van der Waals surface area contributed by atoms with Gasteiger partial charge >= 0.3 is 0 Å². The number of amides is 4.